The van der Waals surface area contributed by atoms with Crippen LogP contribution in [0.25, 0.3) is 0 Å². The van der Waals surface area contributed by atoms with Crippen LogP contribution >= 0.6 is 0 Å². The summed E-state index contributed by atoms with van der Waals surface area (Å²) >= 11 is 0. The molecule has 0 aromatic carbocycles. The standard InChI is InChI=1S/C32H50N4O7/c1-31(2,17-19-33-25(37)11-7-5-9-21-35-27(39)13-14-28(35)40)23-43-24-32(3,4)18-20-34-26(38)12-8-6-10-22-36-29(41)15-16-30(36)42/h13-16H,5-12,17-24H2,1-4H3,(H,33,37)(H,34,38). The molecule has 2 rings (SSSR count). The molecule has 11 heteroatoms. The highest BCUT2D eigenvalue weighted by Crippen LogP contribution is 2.24. The summed E-state index contributed by atoms with van der Waals surface area (Å²) in [5.41, 5.74) is -0.210. The molecule has 0 fully saturated rings. The summed E-state index contributed by atoms with van der Waals surface area (Å²) in [5.74, 6) is -1.07. The third-order valence-corrected chi connectivity index (χ3v) is 7.61. The van der Waals surface area contributed by atoms with E-state index >= 15 is 0 Å². The summed E-state index contributed by atoms with van der Waals surface area (Å²) in [4.78, 5) is 72.9. The zero-order valence-corrected chi connectivity index (χ0v) is 26.4. The smallest absolute Gasteiger partial charge is 0.253 e. The number of nitrogens with one attached hydrogen (secondary N) is 2. The van der Waals surface area contributed by atoms with E-state index in [1.165, 1.54) is 34.1 Å². The lowest BCUT2D eigenvalue weighted by molar-refractivity contribution is -0.138. The molecule has 2 aliphatic heterocycles. The molecule has 0 aromatic rings. The van der Waals surface area contributed by atoms with E-state index in [1.807, 2.05) is 0 Å². The summed E-state index contributed by atoms with van der Waals surface area (Å²) in [6, 6.07) is 0. The number of amides is 6. The molecule has 0 unspecified atom stereocenters. The first kappa shape index (κ1) is 35.9. The molecule has 0 aromatic heterocycles. The molecule has 0 saturated heterocycles. The van der Waals surface area contributed by atoms with E-state index in [9.17, 15) is 28.8 Å². The number of hydrogen-bond acceptors (Lipinski definition) is 7. The number of hydrogen-bond donors (Lipinski definition) is 2. The van der Waals surface area contributed by atoms with Crippen LogP contribution < -0.4 is 10.6 Å². The fraction of sp³-hybridized carbons (Fsp3) is 0.688. The van der Waals surface area contributed by atoms with Crippen molar-refractivity contribution in [3.8, 4) is 0 Å². The highest BCUT2D eigenvalue weighted by molar-refractivity contribution is 6.13. The van der Waals surface area contributed by atoms with Gasteiger partial charge in [-0.05, 0) is 49.4 Å². The zero-order chi connectivity index (χ0) is 31.9. The van der Waals surface area contributed by atoms with Gasteiger partial charge in [0.15, 0.2) is 0 Å². The van der Waals surface area contributed by atoms with Crippen LogP contribution in [0.1, 0.15) is 91.9 Å². The van der Waals surface area contributed by atoms with Crippen LogP contribution in [-0.2, 0) is 33.5 Å². The van der Waals surface area contributed by atoms with Crippen molar-refractivity contribution < 1.29 is 33.5 Å². The molecule has 0 radical (unpaired) electrons. The number of carbonyl (C=O) groups excluding carboxylic acids is 6. The summed E-state index contributed by atoms with van der Waals surface area (Å²) < 4.78 is 6.04. The molecular weight excluding hydrogens is 552 g/mol. The lowest BCUT2D eigenvalue weighted by Gasteiger charge is -2.29. The van der Waals surface area contributed by atoms with E-state index in [2.05, 4.69) is 38.3 Å². The normalized spacial score (nSPS) is 15.3. The Labute approximate surface area is 255 Å². The van der Waals surface area contributed by atoms with Crippen molar-refractivity contribution in [3.63, 3.8) is 0 Å². The van der Waals surface area contributed by atoms with E-state index in [4.69, 9.17) is 4.74 Å². The van der Waals surface area contributed by atoms with Gasteiger partial charge in [-0.25, -0.2) is 0 Å². The van der Waals surface area contributed by atoms with Crippen LogP contribution in [0, 0.1) is 10.8 Å². The summed E-state index contributed by atoms with van der Waals surface area (Å²) in [6.45, 7) is 11.5. The fourth-order valence-corrected chi connectivity index (χ4v) is 4.77. The number of rotatable bonds is 22. The molecule has 0 bridgehead atoms. The van der Waals surface area contributed by atoms with Crippen molar-refractivity contribution in [3.05, 3.63) is 24.3 Å². The third-order valence-electron chi connectivity index (χ3n) is 7.61. The number of nitrogens with zero attached hydrogens (tertiary/aromatic N) is 2. The third kappa shape index (κ3) is 14.1. The number of carbonyl (C=O) groups is 6. The first-order valence-corrected chi connectivity index (χ1v) is 15.5. The van der Waals surface area contributed by atoms with Gasteiger partial charge in [-0.2, -0.15) is 0 Å². The van der Waals surface area contributed by atoms with E-state index in [-0.39, 0.29) is 46.3 Å². The Hall–Kier alpha value is -3.34. The van der Waals surface area contributed by atoms with Gasteiger partial charge in [0, 0.05) is 63.3 Å². The van der Waals surface area contributed by atoms with Crippen molar-refractivity contribution in [1.29, 1.82) is 0 Å². The van der Waals surface area contributed by atoms with Gasteiger partial charge >= 0.3 is 0 Å². The highest BCUT2D eigenvalue weighted by atomic mass is 16.5. The summed E-state index contributed by atoms with van der Waals surface area (Å²) in [5, 5.41) is 5.95. The summed E-state index contributed by atoms with van der Waals surface area (Å²) in [7, 11) is 0. The summed E-state index contributed by atoms with van der Waals surface area (Å²) in [6.07, 6.45) is 11.9. The Balaban J connectivity index is 1.46. The minimum atomic E-state index is -0.269. The Morgan fingerprint density at radius 1 is 0.605 bits per heavy atom. The van der Waals surface area contributed by atoms with Gasteiger partial charge in [-0.3, -0.25) is 38.6 Å². The van der Waals surface area contributed by atoms with Crippen molar-refractivity contribution in [2.45, 2.75) is 91.9 Å². The monoisotopic (exact) mass is 602 g/mol. The van der Waals surface area contributed by atoms with Gasteiger partial charge in [0.1, 0.15) is 0 Å². The Morgan fingerprint density at radius 2 is 0.953 bits per heavy atom. The Kier molecular flexibility index (Phi) is 14.8. The van der Waals surface area contributed by atoms with Crippen LogP contribution in [0.4, 0.5) is 0 Å². The molecule has 2 N–H and O–H groups in total. The molecule has 0 saturated carbocycles. The SMILES string of the molecule is CC(C)(CCNC(=O)CCCCCN1C(=O)C=CC1=O)COCC(C)(C)CCNC(=O)CCCCCN1C(=O)C=CC1=O. The van der Waals surface area contributed by atoms with Gasteiger partial charge in [-0.15, -0.1) is 0 Å². The maximum atomic E-state index is 12.2. The number of imide groups is 2. The minimum Gasteiger partial charge on any atom is -0.380 e. The Morgan fingerprint density at radius 3 is 1.30 bits per heavy atom. The largest absolute Gasteiger partial charge is 0.380 e. The average Bonchev–Trinajstić information content (AvgIpc) is 3.42. The lowest BCUT2D eigenvalue weighted by Crippen LogP contribution is -2.33. The second-order valence-corrected chi connectivity index (χ2v) is 13.0. The quantitative estimate of drug-likeness (QED) is 0.143. The molecule has 0 aliphatic carbocycles. The van der Waals surface area contributed by atoms with Crippen LogP contribution in [0.5, 0.6) is 0 Å². The second-order valence-electron chi connectivity index (χ2n) is 13.0. The van der Waals surface area contributed by atoms with E-state index in [0.29, 0.717) is 77.9 Å². The van der Waals surface area contributed by atoms with Crippen molar-refractivity contribution in [2.75, 3.05) is 39.4 Å². The fourth-order valence-electron chi connectivity index (χ4n) is 4.77. The first-order valence-electron chi connectivity index (χ1n) is 15.5. The van der Waals surface area contributed by atoms with Gasteiger partial charge in [-0.1, -0.05) is 40.5 Å². The molecule has 0 spiro atoms. The maximum absolute atomic E-state index is 12.2. The van der Waals surface area contributed by atoms with Gasteiger partial charge in [0.05, 0.1) is 13.2 Å². The van der Waals surface area contributed by atoms with Crippen LogP contribution in [0.3, 0.4) is 0 Å². The van der Waals surface area contributed by atoms with E-state index < -0.39 is 0 Å². The number of unbranched alkanes of at least 4 members (excludes halogenated alkanes) is 4. The second kappa shape index (κ2) is 17.7. The predicted molar refractivity (Wildman–Crippen MR) is 162 cm³/mol. The van der Waals surface area contributed by atoms with Crippen molar-refractivity contribution in [2.24, 2.45) is 10.8 Å². The van der Waals surface area contributed by atoms with Gasteiger partial charge in [0.2, 0.25) is 11.8 Å². The average molecular weight is 603 g/mol. The zero-order valence-electron chi connectivity index (χ0n) is 26.4. The molecule has 2 heterocycles. The lowest BCUT2D eigenvalue weighted by atomic mass is 9.89. The molecule has 43 heavy (non-hydrogen) atoms. The van der Waals surface area contributed by atoms with Gasteiger partial charge < -0.3 is 15.4 Å². The predicted octanol–water partition coefficient (Wildman–Crippen LogP) is 3.04. The van der Waals surface area contributed by atoms with Gasteiger partial charge in [0.25, 0.3) is 23.6 Å². The molecule has 6 amide bonds. The highest BCUT2D eigenvalue weighted by Gasteiger charge is 2.24. The van der Waals surface area contributed by atoms with Crippen LogP contribution in [0.2, 0.25) is 0 Å². The van der Waals surface area contributed by atoms with Crippen LogP contribution in [-0.4, -0.2) is 84.6 Å². The molecular formula is C32H50N4O7. The molecule has 0 atom stereocenters. The van der Waals surface area contributed by atoms with Crippen molar-refractivity contribution in [1.82, 2.24) is 20.4 Å². The van der Waals surface area contributed by atoms with E-state index in [1.54, 1.807) is 0 Å². The maximum Gasteiger partial charge on any atom is 0.253 e. The topological polar surface area (TPSA) is 142 Å². The number of ether oxygens (including phenoxy) is 1. The Bertz CT molecular complexity index is 946. The molecule has 2 aliphatic rings. The van der Waals surface area contributed by atoms with Crippen molar-refractivity contribution >= 4 is 35.4 Å². The van der Waals surface area contributed by atoms with E-state index in [0.717, 1.165) is 25.7 Å². The van der Waals surface area contributed by atoms with Crippen LogP contribution in [0.15, 0.2) is 24.3 Å². The minimum absolute atomic E-state index is 0.00231. The molecule has 11 nitrogen and oxygen atoms in total. The molecule has 240 valence electrons. The first-order chi connectivity index (χ1) is 20.3.